The second kappa shape index (κ2) is 6.94. The molecule has 2 N–H and O–H groups in total. The Morgan fingerprint density at radius 3 is 2.70 bits per heavy atom. The predicted molar refractivity (Wildman–Crippen MR) is 89.8 cm³/mol. The number of thiophene rings is 1. The summed E-state index contributed by atoms with van der Waals surface area (Å²) in [6.07, 6.45) is 0.676. The van der Waals surface area contributed by atoms with E-state index < -0.39 is 0 Å². The zero-order chi connectivity index (χ0) is 14.7. The molecule has 0 saturated heterocycles. The van der Waals surface area contributed by atoms with Crippen LogP contribution in [0, 0.1) is 6.92 Å². The van der Waals surface area contributed by atoms with Gasteiger partial charge in [0.05, 0.1) is 5.02 Å². The quantitative estimate of drug-likeness (QED) is 0.767. The second-order valence-electron chi connectivity index (χ2n) is 4.65. The van der Waals surface area contributed by atoms with E-state index in [4.69, 9.17) is 22.1 Å². The van der Waals surface area contributed by atoms with Gasteiger partial charge >= 0.3 is 0 Å². The molecule has 0 radical (unpaired) electrons. The number of aryl methyl sites for hydroxylation is 1. The van der Waals surface area contributed by atoms with E-state index in [1.54, 1.807) is 11.3 Å². The van der Waals surface area contributed by atoms with Gasteiger partial charge in [-0.2, -0.15) is 0 Å². The third-order valence-electron chi connectivity index (χ3n) is 3.17. The van der Waals surface area contributed by atoms with Crippen molar-refractivity contribution in [3.63, 3.8) is 0 Å². The summed E-state index contributed by atoms with van der Waals surface area (Å²) >= 11 is 11.3. The van der Waals surface area contributed by atoms with E-state index in [9.17, 15) is 0 Å². The first kappa shape index (κ1) is 15.8. The monoisotopic (exact) mass is 373 g/mol. The van der Waals surface area contributed by atoms with Gasteiger partial charge in [0, 0.05) is 15.4 Å². The van der Waals surface area contributed by atoms with E-state index in [2.05, 4.69) is 41.2 Å². The molecule has 0 aliphatic carbocycles. The molecule has 1 aromatic carbocycles. The molecule has 0 amide bonds. The van der Waals surface area contributed by atoms with Gasteiger partial charge in [-0.3, -0.25) is 0 Å². The van der Waals surface area contributed by atoms with Crippen molar-refractivity contribution in [2.75, 3.05) is 0 Å². The SMILES string of the molecule is CCC(N)C(Oc1ccc(Br)cc1Cl)c1sccc1C. The Morgan fingerprint density at radius 2 is 2.15 bits per heavy atom. The van der Waals surface area contributed by atoms with Crippen LogP contribution in [-0.2, 0) is 0 Å². The number of halogens is 2. The van der Waals surface area contributed by atoms with Gasteiger partial charge in [0.2, 0.25) is 0 Å². The van der Waals surface area contributed by atoms with Gasteiger partial charge in [0.1, 0.15) is 11.9 Å². The minimum atomic E-state index is -0.168. The van der Waals surface area contributed by atoms with Gasteiger partial charge in [0.25, 0.3) is 0 Å². The highest BCUT2D eigenvalue weighted by molar-refractivity contribution is 9.10. The summed E-state index contributed by atoms with van der Waals surface area (Å²) in [5.41, 5.74) is 7.44. The van der Waals surface area contributed by atoms with Gasteiger partial charge in [-0.25, -0.2) is 0 Å². The Morgan fingerprint density at radius 1 is 1.40 bits per heavy atom. The molecule has 1 heterocycles. The average Bonchev–Trinajstić information content (AvgIpc) is 2.83. The van der Waals surface area contributed by atoms with Crippen LogP contribution in [0.4, 0.5) is 0 Å². The maximum Gasteiger partial charge on any atom is 0.148 e. The van der Waals surface area contributed by atoms with E-state index >= 15 is 0 Å². The lowest BCUT2D eigenvalue weighted by atomic mass is 10.1. The smallest absolute Gasteiger partial charge is 0.148 e. The maximum absolute atomic E-state index is 6.23. The van der Waals surface area contributed by atoms with E-state index in [-0.39, 0.29) is 12.1 Å². The van der Waals surface area contributed by atoms with Crippen LogP contribution < -0.4 is 10.5 Å². The molecule has 2 rings (SSSR count). The number of nitrogens with two attached hydrogens (primary N) is 1. The van der Waals surface area contributed by atoms with Crippen LogP contribution in [0.2, 0.25) is 5.02 Å². The molecule has 2 nitrogen and oxygen atoms in total. The van der Waals surface area contributed by atoms with Crippen molar-refractivity contribution in [2.24, 2.45) is 5.73 Å². The van der Waals surface area contributed by atoms with Crippen LogP contribution in [0.25, 0.3) is 0 Å². The second-order valence-corrected chi connectivity index (χ2v) is 6.92. The normalized spacial score (nSPS) is 14.1. The van der Waals surface area contributed by atoms with Gasteiger partial charge in [-0.05, 0) is 48.6 Å². The summed E-state index contributed by atoms with van der Waals surface area (Å²) in [4.78, 5) is 1.17. The number of ether oxygens (including phenoxy) is 1. The lowest BCUT2D eigenvalue weighted by molar-refractivity contribution is 0.174. The van der Waals surface area contributed by atoms with E-state index in [1.165, 1.54) is 10.4 Å². The molecule has 108 valence electrons. The molecule has 20 heavy (non-hydrogen) atoms. The highest BCUT2D eigenvalue weighted by Crippen LogP contribution is 2.35. The van der Waals surface area contributed by atoms with Gasteiger partial charge in [-0.15, -0.1) is 11.3 Å². The van der Waals surface area contributed by atoms with Crippen LogP contribution in [0.1, 0.15) is 29.9 Å². The van der Waals surface area contributed by atoms with Gasteiger partial charge in [-0.1, -0.05) is 34.5 Å². The molecule has 0 aliphatic heterocycles. The fourth-order valence-corrected chi connectivity index (χ4v) is 3.68. The Kier molecular flexibility index (Phi) is 5.49. The molecule has 5 heteroatoms. The van der Waals surface area contributed by atoms with Crippen molar-refractivity contribution in [1.82, 2.24) is 0 Å². The molecule has 0 bridgehead atoms. The molecular formula is C15H17BrClNOS. The summed E-state index contributed by atoms with van der Waals surface area (Å²) in [5.74, 6) is 0.663. The van der Waals surface area contributed by atoms with E-state index in [0.717, 1.165) is 10.9 Å². The van der Waals surface area contributed by atoms with E-state index in [1.807, 2.05) is 18.2 Å². The minimum absolute atomic E-state index is 0.0629. The van der Waals surface area contributed by atoms with Crippen molar-refractivity contribution in [3.05, 3.63) is 49.6 Å². The van der Waals surface area contributed by atoms with Crippen LogP contribution in [0.5, 0.6) is 5.75 Å². The zero-order valence-corrected chi connectivity index (χ0v) is 14.6. The lowest BCUT2D eigenvalue weighted by Gasteiger charge is -2.24. The number of benzene rings is 1. The molecule has 0 spiro atoms. The number of rotatable bonds is 5. The van der Waals surface area contributed by atoms with Crippen molar-refractivity contribution in [1.29, 1.82) is 0 Å². The van der Waals surface area contributed by atoms with Crippen molar-refractivity contribution < 1.29 is 4.74 Å². The highest BCUT2D eigenvalue weighted by atomic mass is 79.9. The van der Waals surface area contributed by atoms with Crippen molar-refractivity contribution >= 4 is 38.9 Å². The first-order chi connectivity index (χ1) is 9.52. The molecule has 0 aliphatic rings. The number of hydrogen-bond acceptors (Lipinski definition) is 3. The third-order valence-corrected chi connectivity index (χ3v) is 5.04. The average molecular weight is 375 g/mol. The molecule has 0 saturated carbocycles. The lowest BCUT2D eigenvalue weighted by Crippen LogP contribution is -2.31. The summed E-state index contributed by atoms with van der Waals surface area (Å²) in [6, 6.07) is 7.63. The standard InChI is InChI=1S/C15H17BrClNOS/c1-3-12(18)14(15-9(2)6-7-20-15)19-13-5-4-10(16)8-11(13)17/h4-8,12,14H,3,18H2,1-2H3. The van der Waals surface area contributed by atoms with Crippen molar-refractivity contribution in [2.45, 2.75) is 32.4 Å². The molecular weight excluding hydrogens is 358 g/mol. The molecule has 2 unspecified atom stereocenters. The summed E-state index contributed by atoms with van der Waals surface area (Å²) in [7, 11) is 0. The van der Waals surface area contributed by atoms with Gasteiger partial charge in [0.15, 0.2) is 0 Å². The largest absolute Gasteiger partial charge is 0.482 e. The first-order valence-electron chi connectivity index (χ1n) is 6.44. The van der Waals surface area contributed by atoms with Crippen LogP contribution in [0.3, 0.4) is 0 Å². The molecule has 2 aromatic rings. The zero-order valence-electron chi connectivity index (χ0n) is 11.4. The van der Waals surface area contributed by atoms with E-state index in [0.29, 0.717) is 10.8 Å². The van der Waals surface area contributed by atoms with Gasteiger partial charge < -0.3 is 10.5 Å². The third kappa shape index (κ3) is 3.55. The molecule has 0 fully saturated rings. The van der Waals surface area contributed by atoms with Crippen molar-refractivity contribution in [3.8, 4) is 5.75 Å². The highest BCUT2D eigenvalue weighted by Gasteiger charge is 2.24. The molecule has 1 aromatic heterocycles. The molecule has 2 atom stereocenters. The summed E-state index contributed by atoms with van der Waals surface area (Å²) in [6.45, 7) is 4.14. The fraction of sp³-hybridized carbons (Fsp3) is 0.333. The minimum Gasteiger partial charge on any atom is -0.482 e. The van der Waals surface area contributed by atoms with Crippen LogP contribution in [0.15, 0.2) is 34.1 Å². The Bertz CT molecular complexity index is 587. The maximum atomic E-state index is 6.23. The summed E-state index contributed by atoms with van der Waals surface area (Å²) in [5, 5.41) is 2.65. The van der Waals surface area contributed by atoms with Crippen LogP contribution in [-0.4, -0.2) is 6.04 Å². The Balaban J connectivity index is 2.31. The summed E-state index contributed by atoms with van der Waals surface area (Å²) < 4.78 is 7.04. The fourth-order valence-electron chi connectivity index (χ4n) is 1.93. The predicted octanol–water partition coefficient (Wildman–Crippen LogP) is 5.33. The first-order valence-corrected chi connectivity index (χ1v) is 8.49. The number of hydrogen-bond donors (Lipinski definition) is 1. The topological polar surface area (TPSA) is 35.2 Å². The Labute approximate surface area is 137 Å². The Hall–Kier alpha value is -0.550. The van der Waals surface area contributed by atoms with Crippen LogP contribution >= 0.6 is 38.9 Å².